The molecular weight excluding hydrogens is 334 g/mol. The Bertz CT molecular complexity index is 1300. The van der Waals surface area contributed by atoms with Crippen molar-refractivity contribution in [2.75, 3.05) is 0 Å². The van der Waals surface area contributed by atoms with Gasteiger partial charge >= 0.3 is 5.78 Å². The predicted octanol–water partition coefficient (Wildman–Crippen LogP) is 3.78. The van der Waals surface area contributed by atoms with Gasteiger partial charge in [-0.2, -0.15) is 9.67 Å². The van der Waals surface area contributed by atoms with Gasteiger partial charge in [-0.25, -0.2) is 4.98 Å². The second kappa shape index (κ2) is 5.77. The maximum absolute atomic E-state index is 4.86. The van der Waals surface area contributed by atoms with Crippen LogP contribution in [0.3, 0.4) is 0 Å². The van der Waals surface area contributed by atoms with Crippen LogP contribution in [0.25, 0.3) is 33.8 Å². The van der Waals surface area contributed by atoms with Crippen LogP contribution in [-0.2, 0) is 7.05 Å². The van der Waals surface area contributed by atoms with Crippen LogP contribution in [0, 0.1) is 13.8 Å². The highest BCUT2D eigenvalue weighted by molar-refractivity contribution is 5.76. The van der Waals surface area contributed by atoms with E-state index in [0.29, 0.717) is 0 Å². The molecular formula is C22H20N5+. The summed E-state index contributed by atoms with van der Waals surface area (Å²) in [5.74, 6) is 1.95. The van der Waals surface area contributed by atoms with Gasteiger partial charge in [-0.3, -0.25) is 0 Å². The van der Waals surface area contributed by atoms with Crippen molar-refractivity contribution in [2.24, 2.45) is 7.05 Å². The molecule has 27 heavy (non-hydrogen) atoms. The highest BCUT2D eigenvalue weighted by Crippen LogP contribution is 2.26. The average molecular weight is 354 g/mol. The lowest BCUT2D eigenvalue weighted by atomic mass is 10.0. The number of imidazole rings is 1. The van der Waals surface area contributed by atoms with Gasteiger partial charge in [0.05, 0.1) is 5.69 Å². The third-order valence-corrected chi connectivity index (χ3v) is 5.22. The molecule has 3 heterocycles. The Morgan fingerprint density at radius 3 is 2.52 bits per heavy atom. The number of fused-ring (bicyclic) bond motifs is 3. The summed E-state index contributed by atoms with van der Waals surface area (Å²) in [5, 5.41) is 0. The van der Waals surface area contributed by atoms with Crippen molar-refractivity contribution in [3.8, 4) is 16.8 Å². The maximum atomic E-state index is 4.86. The van der Waals surface area contributed by atoms with Gasteiger partial charge < -0.3 is 0 Å². The molecule has 0 N–H and O–H groups in total. The summed E-state index contributed by atoms with van der Waals surface area (Å²) in [6.45, 7) is 4.23. The summed E-state index contributed by atoms with van der Waals surface area (Å²) >= 11 is 0. The first kappa shape index (κ1) is 15.8. The number of rotatable bonds is 2. The lowest BCUT2D eigenvalue weighted by Crippen LogP contribution is -2.40. The third-order valence-electron chi connectivity index (χ3n) is 5.22. The van der Waals surface area contributed by atoms with Crippen molar-refractivity contribution in [2.45, 2.75) is 13.8 Å². The van der Waals surface area contributed by atoms with Crippen LogP contribution >= 0.6 is 0 Å². The lowest BCUT2D eigenvalue weighted by molar-refractivity contribution is -0.749. The van der Waals surface area contributed by atoms with E-state index in [4.69, 9.17) is 4.98 Å². The smallest absolute Gasteiger partial charge is 0.215 e. The minimum absolute atomic E-state index is 0.872. The van der Waals surface area contributed by atoms with E-state index in [1.807, 2.05) is 24.4 Å². The van der Waals surface area contributed by atoms with Crippen LogP contribution in [0.2, 0.25) is 0 Å². The Morgan fingerprint density at radius 2 is 1.70 bits per heavy atom. The molecule has 0 saturated carbocycles. The van der Waals surface area contributed by atoms with Crippen molar-refractivity contribution in [3.05, 3.63) is 78.2 Å². The summed E-state index contributed by atoms with van der Waals surface area (Å²) in [6.07, 6.45) is 1.81. The Labute approximate surface area is 157 Å². The summed E-state index contributed by atoms with van der Waals surface area (Å²) in [5.41, 5.74) is 6.50. The van der Waals surface area contributed by atoms with E-state index in [9.17, 15) is 0 Å². The molecule has 0 bridgehead atoms. The Balaban J connectivity index is 1.83. The number of hydrogen-bond donors (Lipinski definition) is 0. The molecule has 0 aliphatic rings. The standard InChI is InChI=1S/C22H20N5/c1-15-11-12-18(17-8-5-4-6-9-17)14-20(15)27-22-24-19-10-7-13-23-21(19)26(22)16(2)25(27)3/h4-14H,1-3H3/q+1. The van der Waals surface area contributed by atoms with E-state index in [0.717, 1.165) is 28.5 Å². The van der Waals surface area contributed by atoms with Gasteiger partial charge in [-0.1, -0.05) is 42.5 Å². The SMILES string of the molecule is Cc1ccc(-c2ccccc2)cc1-n1c2nc3cccnc3n2c(C)[n+]1C. The monoisotopic (exact) mass is 354 g/mol. The van der Waals surface area contributed by atoms with E-state index in [1.54, 1.807) is 0 Å². The van der Waals surface area contributed by atoms with E-state index >= 15 is 0 Å². The zero-order chi connectivity index (χ0) is 18.5. The molecule has 0 spiro atoms. The van der Waals surface area contributed by atoms with Gasteiger partial charge in [0.25, 0.3) is 11.5 Å². The van der Waals surface area contributed by atoms with Crippen LogP contribution in [-0.4, -0.2) is 19.1 Å². The first-order valence-corrected chi connectivity index (χ1v) is 9.02. The predicted molar refractivity (Wildman–Crippen MR) is 106 cm³/mol. The number of aryl methyl sites for hydroxylation is 2. The molecule has 0 fully saturated rings. The van der Waals surface area contributed by atoms with Crippen LogP contribution < -0.4 is 4.68 Å². The summed E-state index contributed by atoms with van der Waals surface area (Å²) in [6, 6.07) is 21.0. The molecule has 0 amide bonds. The molecule has 2 aromatic carbocycles. The van der Waals surface area contributed by atoms with Crippen molar-refractivity contribution in [3.63, 3.8) is 0 Å². The highest BCUT2D eigenvalue weighted by atomic mass is 15.5. The van der Waals surface area contributed by atoms with Gasteiger partial charge in [-0.15, -0.1) is 9.08 Å². The van der Waals surface area contributed by atoms with E-state index < -0.39 is 0 Å². The fourth-order valence-electron chi connectivity index (χ4n) is 3.68. The van der Waals surface area contributed by atoms with Crippen LogP contribution in [0.1, 0.15) is 11.4 Å². The topological polar surface area (TPSA) is 39.0 Å². The van der Waals surface area contributed by atoms with Crippen molar-refractivity contribution < 1.29 is 4.68 Å². The normalized spacial score (nSPS) is 11.5. The fraction of sp³-hybridized carbons (Fsp3) is 0.136. The molecule has 5 aromatic rings. The second-order valence-corrected chi connectivity index (χ2v) is 6.84. The molecule has 5 rings (SSSR count). The maximum Gasteiger partial charge on any atom is 0.345 e. The van der Waals surface area contributed by atoms with Crippen LogP contribution in [0.4, 0.5) is 0 Å². The Morgan fingerprint density at radius 1 is 0.889 bits per heavy atom. The van der Waals surface area contributed by atoms with Gasteiger partial charge in [0.2, 0.25) is 0 Å². The molecule has 0 unspecified atom stereocenters. The Hall–Kier alpha value is -3.47. The number of pyridine rings is 1. The average Bonchev–Trinajstić information content (AvgIpc) is 3.18. The molecule has 5 nitrogen and oxygen atoms in total. The number of hydrogen-bond acceptors (Lipinski definition) is 2. The largest absolute Gasteiger partial charge is 0.345 e. The minimum atomic E-state index is 0.872. The second-order valence-electron chi connectivity index (χ2n) is 6.84. The molecule has 0 aliphatic carbocycles. The first-order chi connectivity index (χ1) is 13.1. The molecule has 0 saturated heterocycles. The molecule has 0 aliphatic heterocycles. The van der Waals surface area contributed by atoms with E-state index in [-0.39, 0.29) is 0 Å². The van der Waals surface area contributed by atoms with Crippen LogP contribution in [0.15, 0.2) is 66.9 Å². The highest BCUT2D eigenvalue weighted by Gasteiger charge is 2.26. The van der Waals surface area contributed by atoms with Gasteiger partial charge in [0, 0.05) is 13.1 Å². The van der Waals surface area contributed by atoms with E-state index in [2.05, 4.69) is 82.1 Å². The van der Waals surface area contributed by atoms with Crippen molar-refractivity contribution >= 4 is 16.9 Å². The lowest BCUT2D eigenvalue weighted by Gasteiger charge is -2.09. The molecule has 3 aromatic heterocycles. The van der Waals surface area contributed by atoms with Crippen molar-refractivity contribution in [1.29, 1.82) is 0 Å². The number of aromatic nitrogens is 5. The molecule has 5 heteroatoms. The molecule has 132 valence electrons. The Kier molecular flexibility index (Phi) is 3.37. The van der Waals surface area contributed by atoms with Crippen LogP contribution in [0.5, 0.6) is 0 Å². The van der Waals surface area contributed by atoms with E-state index in [1.165, 1.54) is 16.7 Å². The van der Waals surface area contributed by atoms with Crippen molar-refractivity contribution in [1.82, 2.24) is 19.1 Å². The van der Waals surface area contributed by atoms with Gasteiger partial charge in [0.15, 0.2) is 0 Å². The zero-order valence-corrected chi connectivity index (χ0v) is 15.6. The van der Waals surface area contributed by atoms with Gasteiger partial charge in [-0.05, 0) is 41.8 Å². The minimum Gasteiger partial charge on any atom is -0.215 e. The summed E-state index contributed by atoms with van der Waals surface area (Å²) < 4.78 is 6.41. The quantitative estimate of drug-likeness (QED) is 0.453. The molecule has 0 atom stereocenters. The number of benzene rings is 2. The van der Waals surface area contributed by atoms with Gasteiger partial charge in [0.1, 0.15) is 12.6 Å². The molecule has 0 radical (unpaired) electrons. The fourth-order valence-corrected chi connectivity index (χ4v) is 3.68. The third kappa shape index (κ3) is 2.28. The zero-order valence-electron chi connectivity index (χ0n) is 15.6. The summed E-state index contributed by atoms with van der Waals surface area (Å²) in [4.78, 5) is 9.40. The first-order valence-electron chi connectivity index (χ1n) is 9.02. The summed E-state index contributed by atoms with van der Waals surface area (Å²) in [7, 11) is 2.06. The number of nitrogens with zero attached hydrogens (tertiary/aromatic N) is 5.